The zero-order valence-corrected chi connectivity index (χ0v) is 15.8. The number of hydrogen-bond acceptors (Lipinski definition) is 4. The zero-order chi connectivity index (χ0) is 18.7. The maximum Gasteiger partial charge on any atom is 0.435 e. The van der Waals surface area contributed by atoms with E-state index in [2.05, 4.69) is 43.0 Å². The van der Waals surface area contributed by atoms with Crippen LogP contribution in [0.25, 0.3) is 0 Å². The molecule has 0 spiro atoms. The molecule has 0 aliphatic carbocycles. The summed E-state index contributed by atoms with van der Waals surface area (Å²) in [4.78, 5) is 2.30. The van der Waals surface area contributed by atoms with Gasteiger partial charge in [0, 0.05) is 19.1 Å². The second-order valence-corrected chi connectivity index (χ2v) is 7.64. The van der Waals surface area contributed by atoms with Gasteiger partial charge < -0.3 is 5.32 Å². The third kappa shape index (κ3) is 5.03. The largest absolute Gasteiger partial charge is 0.435 e. The smallest absolute Gasteiger partial charge is 0.366 e. The molecular weight excluding hydrogens is 463 g/mol. The quantitative estimate of drug-likeness (QED) is 0.304. The molecule has 2 heterocycles. The fourth-order valence-electron chi connectivity index (χ4n) is 2.87. The highest BCUT2D eigenvalue weighted by Crippen LogP contribution is 2.29. The standard InChI is InChI=1S/C17H17F4IN4/c18-12-3-1-11(2-4-12)10-26-8-7-13(9-15(26)22)23-16-6-5-14(24-25-16)17(19,20)21/h1-6,13,15H,7-10H2,(H,23,25). The topological polar surface area (TPSA) is 41.0 Å². The van der Waals surface area contributed by atoms with Crippen LogP contribution in [0.5, 0.6) is 0 Å². The van der Waals surface area contributed by atoms with Crippen LogP contribution in [0.1, 0.15) is 24.1 Å². The van der Waals surface area contributed by atoms with Gasteiger partial charge in [-0.2, -0.15) is 13.2 Å². The molecule has 4 nitrogen and oxygen atoms in total. The predicted octanol–water partition coefficient (Wildman–Crippen LogP) is 4.47. The van der Waals surface area contributed by atoms with Gasteiger partial charge in [-0.3, -0.25) is 4.90 Å². The molecule has 1 N–H and O–H groups in total. The minimum atomic E-state index is -4.48. The Morgan fingerprint density at radius 2 is 1.85 bits per heavy atom. The second-order valence-electron chi connectivity index (χ2n) is 6.20. The molecule has 9 heteroatoms. The minimum Gasteiger partial charge on any atom is -0.366 e. The van der Waals surface area contributed by atoms with Crippen LogP contribution in [0.4, 0.5) is 23.4 Å². The third-order valence-corrected chi connectivity index (χ3v) is 5.54. The highest BCUT2D eigenvalue weighted by molar-refractivity contribution is 14.1. The van der Waals surface area contributed by atoms with Crippen molar-refractivity contribution >= 4 is 28.4 Å². The van der Waals surface area contributed by atoms with Gasteiger partial charge in [-0.15, -0.1) is 10.2 Å². The summed E-state index contributed by atoms with van der Waals surface area (Å²) in [5.74, 6) is 0.0962. The molecule has 0 saturated carbocycles. The van der Waals surface area contributed by atoms with Crippen LogP contribution in [-0.2, 0) is 12.7 Å². The van der Waals surface area contributed by atoms with Gasteiger partial charge in [0.1, 0.15) is 11.6 Å². The Kier molecular flexibility index (Phi) is 5.96. The van der Waals surface area contributed by atoms with Gasteiger partial charge in [-0.05, 0) is 42.7 Å². The van der Waals surface area contributed by atoms with Crippen LogP contribution < -0.4 is 5.32 Å². The van der Waals surface area contributed by atoms with E-state index in [4.69, 9.17) is 0 Å². The van der Waals surface area contributed by atoms with Crippen LogP contribution in [-0.4, -0.2) is 31.7 Å². The molecule has 3 rings (SSSR count). The number of anilines is 1. The highest BCUT2D eigenvalue weighted by atomic mass is 127. The average molecular weight is 480 g/mol. The fourth-order valence-corrected chi connectivity index (χ4v) is 3.96. The highest BCUT2D eigenvalue weighted by Gasteiger charge is 2.33. The van der Waals surface area contributed by atoms with Crippen molar-refractivity contribution in [2.75, 3.05) is 11.9 Å². The van der Waals surface area contributed by atoms with E-state index >= 15 is 0 Å². The summed E-state index contributed by atoms with van der Waals surface area (Å²) in [6, 6.07) is 8.82. The number of hydrogen-bond donors (Lipinski definition) is 1. The molecular formula is C17H17F4IN4. The molecule has 2 aromatic rings. The van der Waals surface area contributed by atoms with Gasteiger partial charge >= 0.3 is 6.18 Å². The Labute approximate surface area is 162 Å². The van der Waals surface area contributed by atoms with Gasteiger partial charge in [0.2, 0.25) is 0 Å². The molecule has 1 aliphatic heterocycles. The lowest BCUT2D eigenvalue weighted by molar-refractivity contribution is -0.141. The summed E-state index contributed by atoms with van der Waals surface area (Å²) in [5.41, 5.74) is 0.0528. The van der Waals surface area contributed by atoms with Gasteiger partial charge in [0.25, 0.3) is 0 Å². The second kappa shape index (κ2) is 8.03. The summed E-state index contributed by atoms with van der Waals surface area (Å²) in [5, 5.41) is 10.0. The summed E-state index contributed by atoms with van der Waals surface area (Å²) >= 11 is 2.35. The number of benzene rings is 1. The molecule has 1 aromatic heterocycles. The van der Waals surface area contributed by atoms with Crippen LogP contribution in [0.3, 0.4) is 0 Å². The average Bonchev–Trinajstić information content (AvgIpc) is 2.59. The normalized spacial score (nSPS) is 21.6. The lowest BCUT2D eigenvalue weighted by atomic mass is 10.0. The van der Waals surface area contributed by atoms with Crippen molar-refractivity contribution in [3.63, 3.8) is 0 Å². The number of halogens is 5. The maximum absolute atomic E-state index is 13.0. The molecule has 140 valence electrons. The molecule has 0 amide bonds. The maximum atomic E-state index is 13.0. The molecule has 2 unspecified atom stereocenters. The van der Waals surface area contributed by atoms with E-state index in [1.54, 1.807) is 12.1 Å². The zero-order valence-electron chi connectivity index (χ0n) is 13.7. The molecule has 2 atom stereocenters. The summed E-state index contributed by atoms with van der Waals surface area (Å²) in [6.07, 6.45) is -2.82. The number of rotatable bonds is 4. The van der Waals surface area contributed by atoms with Crippen LogP contribution in [0.15, 0.2) is 36.4 Å². The first kappa shape index (κ1) is 19.3. The first-order chi connectivity index (χ1) is 12.3. The Bertz CT molecular complexity index is 721. The van der Waals surface area contributed by atoms with E-state index in [1.807, 2.05) is 0 Å². The first-order valence-corrected chi connectivity index (χ1v) is 9.36. The Morgan fingerprint density at radius 1 is 1.12 bits per heavy atom. The molecule has 0 radical (unpaired) electrons. The Hall–Kier alpha value is -1.49. The van der Waals surface area contributed by atoms with Crippen molar-refractivity contribution in [3.8, 4) is 0 Å². The molecule has 1 aliphatic rings. The summed E-state index contributed by atoms with van der Waals surface area (Å²) in [7, 11) is 0. The van der Waals surface area contributed by atoms with E-state index in [9.17, 15) is 17.6 Å². The molecule has 1 saturated heterocycles. The van der Waals surface area contributed by atoms with Crippen LogP contribution in [0, 0.1) is 5.82 Å². The summed E-state index contributed by atoms with van der Waals surface area (Å²) < 4.78 is 50.8. The number of nitrogens with one attached hydrogen (secondary N) is 1. The van der Waals surface area contributed by atoms with E-state index < -0.39 is 11.9 Å². The van der Waals surface area contributed by atoms with Gasteiger partial charge in [-0.1, -0.05) is 34.7 Å². The van der Waals surface area contributed by atoms with Crippen molar-refractivity contribution in [2.24, 2.45) is 0 Å². The van der Waals surface area contributed by atoms with Crippen molar-refractivity contribution < 1.29 is 17.6 Å². The van der Waals surface area contributed by atoms with E-state index in [0.717, 1.165) is 37.6 Å². The molecule has 0 bridgehead atoms. The van der Waals surface area contributed by atoms with Crippen molar-refractivity contribution in [1.29, 1.82) is 0 Å². The SMILES string of the molecule is Fc1ccc(CN2CCC(Nc3ccc(C(F)(F)F)nn3)CC2I)cc1. The molecule has 1 aromatic carbocycles. The molecule has 26 heavy (non-hydrogen) atoms. The van der Waals surface area contributed by atoms with Crippen molar-refractivity contribution in [3.05, 3.63) is 53.5 Å². The number of aromatic nitrogens is 2. The lowest BCUT2D eigenvalue weighted by Gasteiger charge is -2.37. The monoisotopic (exact) mass is 480 g/mol. The minimum absolute atomic E-state index is 0.118. The third-order valence-electron chi connectivity index (χ3n) is 4.25. The number of alkyl halides is 4. The lowest BCUT2D eigenvalue weighted by Crippen LogP contribution is -2.43. The van der Waals surface area contributed by atoms with Crippen LogP contribution >= 0.6 is 22.6 Å². The van der Waals surface area contributed by atoms with E-state index in [0.29, 0.717) is 5.82 Å². The first-order valence-electron chi connectivity index (χ1n) is 8.11. The van der Waals surface area contributed by atoms with E-state index in [-0.39, 0.29) is 15.9 Å². The number of nitrogens with zero attached hydrogens (tertiary/aromatic N) is 3. The predicted molar refractivity (Wildman–Crippen MR) is 98.3 cm³/mol. The number of likely N-dealkylation sites (tertiary alicyclic amines) is 1. The van der Waals surface area contributed by atoms with E-state index in [1.165, 1.54) is 18.2 Å². The van der Waals surface area contributed by atoms with Gasteiger partial charge in [0.15, 0.2) is 5.69 Å². The summed E-state index contributed by atoms with van der Waals surface area (Å²) in [6.45, 7) is 1.57. The fraction of sp³-hybridized carbons (Fsp3) is 0.412. The van der Waals surface area contributed by atoms with Crippen molar-refractivity contribution in [2.45, 2.75) is 35.7 Å². The van der Waals surface area contributed by atoms with Crippen molar-refractivity contribution in [1.82, 2.24) is 15.1 Å². The van der Waals surface area contributed by atoms with Gasteiger partial charge in [-0.25, -0.2) is 4.39 Å². The number of piperidine rings is 1. The Morgan fingerprint density at radius 3 is 2.42 bits per heavy atom. The van der Waals surface area contributed by atoms with Crippen LogP contribution in [0.2, 0.25) is 0 Å². The Balaban J connectivity index is 1.54. The molecule has 1 fully saturated rings. The van der Waals surface area contributed by atoms with Gasteiger partial charge in [0.05, 0.1) is 4.05 Å².